The molecule has 0 bridgehead atoms. The molecule has 0 unspecified atom stereocenters. The summed E-state index contributed by atoms with van der Waals surface area (Å²) in [6.07, 6.45) is 5.55. The van der Waals surface area contributed by atoms with E-state index in [0.717, 1.165) is 32.1 Å². The van der Waals surface area contributed by atoms with E-state index >= 15 is 0 Å². The van der Waals surface area contributed by atoms with Gasteiger partial charge >= 0.3 is 0 Å². The molecule has 3 nitrogen and oxygen atoms in total. The summed E-state index contributed by atoms with van der Waals surface area (Å²) in [4.78, 5) is 34.3. The average Bonchev–Trinajstić information content (AvgIpc) is 2.28. The number of ketones is 3. The molecule has 0 saturated heterocycles. The van der Waals surface area contributed by atoms with E-state index in [2.05, 4.69) is 0 Å². The summed E-state index contributed by atoms with van der Waals surface area (Å²) in [7, 11) is 0. The topological polar surface area (TPSA) is 51.2 Å². The van der Waals surface area contributed by atoms with Crippen LogP contribution in [0.5, 0.6) is 0 Å². The van der Waals surface area contributed by atoms with Gasteiger partial charge in [-0.1, -0.05) is 26.2 Å². The van der Waals surface area contributed by atoms with Crippen LogP contribution in [0, 0.1) is 5.92 Å². The molecular weight excluding hydrogens is 192 g/mol. The maximum atomic E-state index is 11.6. The smallest absolute Gasteiger partial charge is 0.264 e. The molecule has 0 heterocycles. The van der Waals surface area contributed by atoms with Crippen molar-refractivity contribution in [3.8, 4) is 0 Å². The number of hydrogen-bond acceptors (Lipinski definition) is 3. The van der Waals surface area contributed by atoms with Crippen LogP contribution in [-0.2, 0) is 14.4 Å². The molecule has 0 aromatic carbocycles. The third kappa shape index (κ3) is 3.26. The molecule has 0 radical (unpaired) electrons. The van der Waals surface area contributed by atoms with E-state index < -0.39 is 17.3 Å². The van der Waals surface area contributed by atoms with Crippen LogP contribution < -0.4 is 0 Å². The zero-order chi connectivity index (χ0) is 11.3. The second kappa shape index (κ2) is 5.79. The van der Waals surface area contributed by atoms with E-state index in [0.29, 0.717) is 6.42 Å². The lowest BCUT2D eigenvalue weighted by molar-refractivity contribution is -0.146. The maximum absolute atomic E-state index is 11.6. The molecule has 0 N–H and O–H groups in total. The Morgan fingerprint density at radius 3 is 2.20 bits per heavy atom. The molecule has 1 aliphatic carbocycles. The fourth-order valence-electron chi connectivity index (χ4n) is 2.03. The molecule has 0 aromatic rings. The molecule has 0 spiro atoms. The van der Waals surface area contributed by atoms with E-state index in [1.807, 2.05) is 6.92 Å². The Morgan fingerprint density at radius 2 is 1.67 bits per heavy atom. The van der Waals surface area contributed by atoms with Crippen LogP contribution in [-0.4, -0.2) is 17.3 Å². The van der Waals surface area contributed by atoms with Gasteiger partial charge in [0.1, 0.15) is 0 Å². The van der Waals surface area contributed by atoms with Gasteiger partial charge in [0.05, 0.1) is 0 Å². The third-order valence-electron chi connectivity index (χ3n) is 2.93. The zero-order valence-corrected chi connectivity index (χ0v) is 9.25. The number of hydrogen-bond donors (Lipinski definition) is 0. The van der Waals surface area contributed by atoms with E-state index in [9.17, 15) is 14.4 Å². The first kappa shape index (κ1) is 12.1. The Labute approximate surface area is 90.2 Å². The second-order valence-electron chi connectivity index (χ2n) is 4.20. The fraction of sp³-hybridized carbons (Fsp3) is 0.750. The summed E-state index contributed by atoms with van der Waals surface area (Å²) >= 11 is 0. The number of carbonyl (C=O) groups excluding carboxylic acids is 3. The Hall–Kier alpha value is -0.990. The van der Waals surface area contributed by atoms with Crippen LogP contribution in [0.2, 0.25) is 0 Å². The second-order valence-corrected chi connectivity index (χ2v) is 4.20. The summed E-state index contributed by atoms with van der Waals surface area (Å²) in [5.41, 5.74) is 0. The Balaban J connectivity index is 2.51. The minimum atomic E-state index is -0.760. The van der Waals surface area contributed by atoms with Crippen LogP contribution in [0.4, 0.5) is 0 Å². The highest BCUT2D eigenvalue weighted by Crippen LogP contribution is 2.24. The number of Topliss-reactive ketones (excluding diaryl/α,β-unsaturated/α-hetero) is 3. The van der Waals surface area contributed by atoms with Gasteiger partial charge in [0.25, 0.3) is 5.78 Å². The molecule has 1 fully saturated rings. The van der Waals surface area contributed by atoms with Crippen LogP contribution in [0.1, 0.15) is 51.9 Å². The molecule has 0 aliphatic heterocycles. The Bertz CT molecular complexity index is 262. The third-order valence-corrected chi connectivity index (χ3v) is 2.93. The van der Waals surface area contributed by atoms with E-state index in [-0.39, 0.29) is 12.3 Å². The number of rotatable bonds is 5. The van der Waals surface area contributed by atoms with Crippen molar-refractivity contribution in [1.82, 2.24) is 0 Å². The normalized spacial score (nSPS) is 17.4. The van der Waals surface area contributed by atoms with Crippen molar-refractivity contribution in [1.29, 1.82) is 0 Å². The summed E-state index contributed by atoms with van der Waals surface area (Å²) in [5.74, 6) is -1.88. The first-order chi connectivity index (χ1) is 7.16. The molecule has 0 aromatic heterocycles. The van der Waals surface area contributed by atoms with E-state index in [4.69, 9.17) is 0 Å². The highest BCUT2D eigenvalue weighted by Gasteiger charge is 2.30. The summed E-state index contributed by atoms with van der Waals surface area (Å²) < 4.78 is 0. The molecule has 1 aliphatic rings. The molecule has 1 rings (SSSR count). The van der Waals surface area contributed by atoms with Gasteiger partial charge in [-0.25, -0.2) is 0 Å². The SMILES string of the molecule is CCCC(=O)C(=O)C(=O)C1CCCCC1. The van der Waals surface area contributed by atoms with Gasteiger partial charge in [0.2, 0.25) is 11.6 Å². The van der Waals surface area contributed by atoms with E-state index in [1.54, 1.807) is 0 Å². The fourth-order valence-corrected chi connectivity index (χ4v) is 2.03. The van der Waals surface area contributed by atoms with Crippen molar-refractivity contribution in [2.45, 2.75) is 51.9 Å². The average molecular weight is 210 g/mol. The highest BCUT2D eigenvalue weighted by atomic mass is 16.2. The first-order valence-corrected chi connectivity index (χ1v) is 5.78. The largest absolute Gasteiger partial charge is 0.290 e. The quantitative estimate of drug-likeness (QED) is 0.515. The first-order valence-electron chi connectivity index (χ1n) is 5.78. The van der Waals surface area contributed by atoms with Crippen molar-refractivity contribution in [2.75, 3.05) is 0 Å². The van der Waals surface area contributed by atoms with Crippen LogP contribution >= 0.6 is 0 Å². The molecule has 3 heteroatoms. The lowest BCUT2D eigenvalue weighted by atomic mass is 9.84. The number of carbonyl (C=O) groups is 3. The maximum Gasteiger partial charge on any atom is 0.264 e. The van der Waals surface area contributed by atoms with Gasteiger partial charge in [-0.05, 0) is 19.3 Å². The predicted octanol–water partition coefficient (Wildman–Crippen LogP) is 2.07. The van der Waals surface area contributed by atoms with Crippen LogP contribution in [0.15, 0.2) is 0 Å². The lowest BCUT2D eigenvalue weighted by Gasteiger charge is -2.18. The molecule has 0 amide bonds. The molecule has 0 atom stereocenters. The minimum absolute atomic E-state index is 0.174. The van der Waals surface area contributed by atoms with E-state index in [1.165, 1.54) is 0 Å². The molecule has 84 valence electrons. The summed E-state index contributed by atoms with van der Waals surface area (Å²) in [6.45, 7) is 1.83. The minimum Gasteiger partial charge on any atom is -0.290 e. The van der Waals surface area contributed by atoms with Gasteiger partial charge in [-0.2, -0.15) is 0 Å². The monoisotopic (exact) mass is 210 g/mol. The van der Waals surface area contributed by atoms with Crippen molar-refractivity contribution in [2.24, 2.45) is 5.92 Å². The summed E-state index contributed by atoms with van der Waals surface area (Å²) in [6, 6.07) is 0. The van der Waals surface area contributed by atoms with Gasteiger partial charge < -0.3 is 0 Å². The zero-order valence-electron chi connectivity index (χ0n) is 9.25. The molecule has 15 heavy (non-hydrogen) atoms. The van der Waals surface area contributed by atoms with Gasteiger partial charge in [-0.15, -0.1) is 0 Å². The highest BCUT2D eigenvalue weighted by molar-refractivity contribution is 6.64. The van der Waals surface area contributed by atoms with Gasteiger partial charge in [0, 0.05) is 12.3 Å². The van der Waals surface area contributed by atoms with Crippen molar-refractivity contribution in [3.63, 3.8) is 0 Å². The predicted molar refractivity (Wildman–Crippen MR) is 56.5 cm³/mol. The molecular formula is C12H18O3. The lowest BCUT2D eigenvalue weighted by Crippen LogP contribution is -2.31. The van der Waals surface area contributed by atoms with Gasteiger partial charge in [0.15, 0.2) is 0 Å². The summed E-state index contributed by atoms with van der Waals surface area (Å²) in [5, 5.41) is 0. The van der Waals surface area contributed by atoms with Crippen molar-refractivity contribution >= 4 is 17.3 Å². The Kier molecular flexibility index (Phi) is 4.66. The standard InChI is InChI=1S/C12H18O3/c1-2-6-10(13)12(15)11(14)9-7-4-3-5-8-9/h9H,2-8H2,1H3. The van der Waals surface area contributed by atoms with Crippen molar-refractivity contribution in [3.05, 3.63) is 0 Å². The van der Waals surface area contributed by atoms with Crippen LogP contribution in [0.3, 0.4) is 0 Å². The van der Waals surface area contributed by atoms with Crippen molar-refractivity contribution < 1.29 is 14.4 Å². The Morgan fingerprint density at radius 1 is 1.07 bits per heavy atom. The molecule has 1 saturated carbocycles. The van der Waals surface area contributed by atoms with Crippen LogP contribution in [0.25, 0.3) is 0 Å². The van der Waals surface area contributed by atoms with Gasteiger partial charge in [-0.3, -0.25) is 14.4 Å².